The zero-order valence-corrected chi connectivity index (χ0v) is 16.3. The molecule has 0 heterocycles. The molecule has 0 saturated heterocycles. The van der Waals surface area contributed by atoms with Gasteiger partial charge >= 0.3 is 46.2 Å². The van der Waals surface area contributed by atoms with E-state index in [-0.39, 0.29) is 29.6 Å². The normalized spacial score (nSPS) is 9.81. The van der Waals surface area contributed by atoms with Gasteiger partial charge in [0.05, 0.1) is 0 Å². The fourth-order valence-electron chi connectivity index (χ4n) is 1.71. The second-order valence-corrected chi connectivity index (χ2v) is 5.66. The van der Waals surface area contributed by atoms with Crippen LogP contribution < -0.4 is 29.6 Å². The van der Waals surface area contributed by atoms with Gasteiger partial charge in [0.15, 0.2) is 0 Å². The predicted molar refractivity (Wildman–Crippen MR) is 80.1 cm³/mol. The molecule has 0 fully saturated rings. The molecule has 0 saturated carbocycles. The van der Waals surface area contributed by atoms with Crippen LogP contribution in [-0.4, -0.2) is 13.0 Å². The Hall–Kier alpha value is 0.200. The molecule has 5 nitrogen and oxygen atoms in total. The quantitative estimate of drug-likeness (QED) is 0.204. The average molecular weight is 329 g/mol. The fourth-order valence-corrected chi connectivity index (χ4v) is 1.81. The summed E-state index contributed by atoms with van der Waals surface area (Å²) in [7, 11) is -4.54. The number of nitrogens with zero attached hydrogens (tertiary/aromatic N) is 1. The van der Waals surface area contributed by atoms with Gasteiger partial charge in [-0.2, -0.15) is 14.8 Å². The number of hydrogen-bond acceptors (Lipinski definition) is 4. The molecule has 0 aromatic heterocycles. The number of unbranched alkanes of at least 4 members (excludes halogenated alkanes) is 10. The van der Waals surface area contributed by atoms with E-state index in [0.717, 1.165) is 12.7 Å². The number of nitriles is 1. The summed E-state index contributed by atoms with van der Waals surface area (Å²) < 4.78 is 29.3. The van der Waals surface area contributed by atoms with Crippen LogP contribution in [0.1, 0.15) is 77.6 Å². The molecule has 1 N–H and O–H groups in total. The van der Waals surface area contributed by atoms with E-state index in [1.54, 1.807) is 0 Å². The number of hydrogen-bond donors (Lipinski definition) is 1. The minimum atomic E-state index is -4.54. The van der Waals surface area contributed by atoms with Crippen LogP contribution in [0.25, 0.3) is 0 Å². The molecule has 0 aliphatic heterocycles. The van der Waals surface area contributed by atoms with E-state index < -0.39 is 10.4 Å². The predicted octanol–water partition coefficient (Wildman–Crippen LogP) is 1.42. The fraction of sp³-hybridized carbons (Fsp3) is 0.857. The Kier molecular flexibility index (Phi) is 25.1. The third-order valence-electron chi connectivity index (χ3n) is 2.75. The van der Waals surface area contributed by atoms with E-state index in [1.807, 2.05) is 0 Å². The van der Waals surface area contributed by atoms with Crippen molar-refractivity contribution in [2.24, 2.45) is 0 Å². The SMILES string of the molecule is N#COS(=O)(=O)O.[CH2-]CCCCCCCCCCCC.[Na+]. The molecule has 120 valence electrons. The molecule has 0 bridgehead atoms. The summed E-state index contributed by atoms with van der Waals surface area (Å²) in [5.41, 5.74) is 0. The molecule has 0 aromatic carbocycles. The first-order chi connectivity index (χ1) is 9.47. The molecule has 0 rings (SSSR count). The summed E-state index contributed by atoms with van der Waals surface area (Å²) in [6, 6.07) is 0. The van der Waals surface area contributed by atoms with Crippen molar-refractivity contribution in [2.45, 2.75) is 77.6 Å². The van der Waals surface area contributed by atoms with Gasteiger partial charge in [-0.05, 0) is 0 Å². The van der Waals surface area contributed by atoms with E-state index in [1.165, 1.54) is 64.2 Å². The van der Waals surface area contributed by atoms with Gasteiger partial charge in [-0.25, -0.2) is 0 Å². The molecule has 0 amide bonds. The Morgan fingerprint density at radius 1 is 1.00 bits per heavy atom. The topological polar surface area (TPSA) is 87.4 Å². The smallest absolute Gasteiger partial charge is 0.343 e. The molecule has 0 atom stereocenters. The van der Waals surface area contributed by atoms with Crippen LogP contribution in [0.5, 0.6) is 0 Å². The first-order valence-corrected chi connectivity index (χ1v) is 8.68. The average Bonchev–Trinajstić information content (AvgIpc) is 2.36. The van der Waals surface area contributed by atoms with Gasteiger partial charge in [-0.3, -0.25) is 8.74 Å². The summed E-state index contributed by atoms with van der Waals surface area (Å²) in [5, 5.41) is 7.39. The Morgan fingerprint density at radius 3 is 1.62 bits per heavy atom. The molecule has 0 unspecified atom stereocenters. The van der Waals surface area contributed by atoms with E-state index in [2.05, 4.69) is 18.0 Å². The van der Waals surface area contributed by atoms with Crippen LogP contribution in [0.4, 0.5) is 0 Å². The zero-order chi connectivity index (χ0) is 15.7. The van der Waals surface area contributed by atoms with Gasteiger partial charge in [0.2, 0.25) is 0 Å². The van der Waals surface area contributed by atoms with Gasteiger partial charge in [0, 0.05) is 0 Å². The van der Waals surface area contributed by atoms with Crippen molar-refractivity contribution in [3.05, 3.63) is 6.92 Å². The second-order valence-electron chi connectivity index (χ2n) is 4.64. The Morgan fingerprint density at radius 2 is 1.38 bits per heavy atom. The summed E-state index contributed by atoms with van der Waals surface area (Å²) in [6.07, 6.45) is 16.1. The zero-order valence-electron chi connectivity index (χ0n) is 13.5. The van der Waals surface area contributed by atoms with Crippen molar-refractivity contribution in [3.8, 4) is 6.26 Å². The van der Waals surface area contributed by atoms with Crippen molar-refractivity contribution in [1.29, 1.82) is 5.26 Å². The van der Waals surface area contributed by atoms with Crippen molar-refractivity contribution < 1.29 is 46.7 Å². The Balaban J connectivity index is -0.000000347. The Bertz CT molecular complexity index is 318. The van der Waals surface area contributed by atoms with E-state index in [4.69, 9.17) is 9.81 Å². The molecule has 7 heteroatoms. The molecule has 21 heavy (non-hydrogen) atoms. The summed E-state index contributed by atoms with van der Waals surface area (Å²) in [5.74, 6) is 0. The maximum Gasteiger partial charge on any atom is 1.00 e. The van der Waals surface area contributed by atoms with Gasteiger partial charge < -0.3 is 6.92 Å². The van der Waals surface area contributed by atoms with Crippen LogP contribution in [0, 0.1) is 18.4 Å². The van der Waals surface area contributed by atoms with E-state index in [0.29, 0.717) is 0 Å². The van der Waals surface area contributed by atoms with Crippen molar-refractivity contribution in [1.82, 2.24) is 0 Å². The van der Waals surface area contributed by atoms with Gasteiger partial charge in [0.1, 0.15) is 0 Å². The van der Waals surface area contributed by atoms with Crippen LogP contribution in [-0.2, 0) is 14.6 Å². The Labute approximate surface area is 152 Å². The van der Waals surface area contributed by atoms with E-state index >= 15 is 0 Å². The van der Waals surface area contributed by atoms with E-state index in [9.17, 15) is 8.42 Å². The van der Waals surface area contributed by atoms with Crippen LogP contribution >= 0.6 is 0 Å². The standard InChI is InChI=1S/C13H27.CHNO4S.Na/c1-3-5-7-9-11-13-12-10-8-6-4-2;2-1-6-7(3,4)5;/h1,3-13H2,2H3;(H,3,4,5);/q-1;;+1. The van der Waals surface area contributed by atoms with Gasteiger partial charge in [-0.15, -0.1) is 5.26 Å². The monoisotopic (exact) mass is 329 g/mol. The third kappa shape index (κ3) is 33.2. The summed E-state index contributed by atoms with van der Waals surface area (Å²) in [4.78, 5) is 0. The first-order valence-electron chi connectivity index (χ1n) is 7.32. The molecular formula is C14H28NNaO4S. The van der Waals surface area contributed by atoms with Crippen LogP contribution in [0.15, 0.2) is 0 Å². The molecule has 0 aromatic rings. The van der Waals surface area contributed by atoms with Crippen molar-refractivity contribution in [3.63, 3.8) is 0 Å². The minimum absolute atomic E-state index is 0. The van der Waals surface area contributed by atoms with Crippen LogP contribution in [0.3, 0.4) is 0 Å². The number of rotatable bonds is 11. The maximum atomic E-state index is 9.34. The van der Waals surface area contributed by atoms with Crippen molar-refractivity contribution in [2.75, 3.05) is 0 Å². The molecule has 0 aliphatic carbocycles. The largest absolute Gasteiger partial charge is 1.00 e. The second kappa shape index (κ2) is 20.2. The first kappa shape index (κ1) is 26.1. The minimum Gasteiger partial charge on any atom is -0.343 e. The molecule has 0 spiro atoms. The van der Waals surface area contributed by atoms with Gasteiger partial charge in [0.25, 0.3) is 0 Å². The van der Waals surface area contributed by atoms with Crippen LogP contribution in [0.2, 0.25) is 0 Å². The molecular weight excluding hydrogens is 301 g/mol. The van der Waals surface area contributed by atoms with Crippen molar-refractivity contribution >= 4 is 10.4 Å². The van der Waals surface area contributed by atoms with Gasteiger partial charge in [-0.1, -0.05) is 71.1 Å². The summed E-state index contributed by atoms with van der Waals surface area (Å²) in [6.45, 7) is 6.13. The summed E-state index contributed by atoms with van der Waals surface area (Å²) >= 11 is 0. The third-order valence-corrected chi connectivity index (χ3v) is 3.03. The molecule has 0 aliphatic rings. The maximum absolute atomic E-state index is 9.34. The molecule has 0 radical (unpaired) electrons.